The predicted octanol–water partition coefficient (Wildman–Crippen LogP) is 5.06. The minimum Gasteiger partial charge on any atom is -0.488 e. The van der Waals surface area contributed by atoms with E-state index in [-0.39, 0.29) is 47.0 Å². The second kappa shape index (κ2) is 13.7. The van der Waals surface area contributed by atoms with Gasteiger partial charge in [0.25, 0.3) is 11.8 Å². The molecule has 2 atom stereocenters. The number of amides is 2. The maximum absolute atomic E-state index is 15.6. The number of likely N-dealkylation sites (tertiary alicyclic amines) is 1. The average molecular weight is 637 g/mol. The summed E-state index contributed by atoms with van der Waals surface area (Å²) in [6.07, 6.45) is 2.89. The third kappa shape index (κ3) is 6.72. The lowest BCUT2D eigenvalue weighted by Crippen LogP contribution is -2.34. The summed E-state index contributed by atoms with van der Waals surface area (Å²) in [5.74, 6) is -1.30. The molecule has 1 aromatic heterocycles. The number of aliphatic hydroxyl groups is 1. The number of benzene rings is 3. The number of nitrogen functional groups attached to an aromatic ring is 1. The van der Waals surface area contributed by atoms with Gasteiger partial charge in [-0.2, -0.15) is 0 Å². The van der Waals surface area contributed by atoms with Crippen LogP contribution in [0.1, 0.15) is 26.7 Å². The van der Waals surface area contributed by atoms with E-state index in [0.717, 1.165) is 31.6 Å². The highest BCUT2D eigenvalue weighted by molar-refractivity contribution is 6.29. The molecule has 3 heterocycles. The summed E-state index contributed by atoms with van der Waals surface area (Å²) in [6.45, 7) is 6.03. The first-order chi connectivity index (χ1) is 22.7. The molecule has 242 valence electrons. The number of aliphatic hydroxyl groups excluding tert-OH is 1. The van der Waals surface area contributed by atoms with Crippen molar-refractivity contribution in [1.29, 1.82) is 0 Å². The smallest absolute Gasteiger partial charge is 0.264 e. The first kappa shape index (κ1) is 31.8. The zero-order valence-electron chi connectivity index (χ0n) is 26.3. The summed E-state index contributed by atoms with van der Waals surface area (Å²) < 4.78 is 21.2. The number of hydrogen-bond acceptors (Lipinski definition) is 8. The molecule has 0 saturated carbocycles. The number of carbonyl (C=O) groups excluding carboxylic acids is 2. The van der Waals surface area contributed by atoms with Gasteiger partial charge in [0.2, 0.25) is 0 Å². The van der Waals surface area contributed by atoms with Gasteiger partial charge in [-0.05, 0) is 81.7 Å². The molecule has 0 bridgehead atoms. The Morgan fingerprint density at radius 1 is 1.09 bits per heavy atom. The van der Waals surface area contributed by atoms with Crippen LogP contribution < -0.4 is 20.7 Å². The van der Waals surface area contributed by atoms with E-state index in [9.17, 15) is 14.7 Å². The molecule has 11 heteroatoms. The van der Waals surface area contributed by atoms with Crippen molar-refractivity contribution < 1.29 is 23.8 Å². The highest BCUT2D eigenvalue weighted by Gasteiger charge is 2.38. The molecule has 2 unspecified atom stereocenters. The van der Waals surface area contributed by atoms with E-state index in [0.29, 0.717) is 29.1 Å². The van der Waals surface area contributed by atoms with Crippen molar-refractivity contribution in [1.82, 2.24) is 14.9 Å². The molecule has 47 heavy (non-hydrogen) atoms. The van der Waals surface area contributed by atoms with Crippen LogP contribution in [0.5, 0.6) is 5.75 Å². The Bertz CT molecular complexity index is 1810. The Balaban J connectivity index is 1.15. The minimum atomic E-state index is -0.737. The average Bonchev–Trinajstić information content (AvgIpc) is 3.66. The van der Waals surface area contributed by atoms with E-state index in [1.165, 1.54) is 12.3 Å². The van der Waals surface area contributed by atoms with Crippen LogP contribution in [0.3, 0.4) is 0 Å². The zero-order chi connectivity index (χ0) is 33.1. The van der Waals surface area contributed by atoms with E-state index < -0.39 is 17.8 Å². The van der Waals surface area contributed by atoms with Crippen LogP contribution in [0, 0.1) is 5.82 Å². The molecular formula is C36H37FN6O4. The number of anilines is 3. The molecule has 0 aliphatic carbocycles. The number of rotatable bonds is 10. The van der Waals surface area contributed by atoms with Crippen LogP contribution in [0.4, 0.5) is 21.6 Å². The molecule has 3 aromatic carbocycles. The number of halogens is 1. The molecule has 2 aliphatic heterocycles. The summed E-state index contributed by atoms with van der Waals surface area (Å²) in [5, 5.41) is 13.2. The molecule has 10 nitrogen and oxygen atoms in total. The van der Waals surface area contributed by atoms with Gasteiger partial charge in [-0.3, -0.25) is 9.59 Å². The number of para-hydroxylation sites is 1. The minimum absolute atomic E-state index is 0.00983. The maximum Gasteiger partial charge on any atom is 0.264 e. The molecule has 1 saturated heterocycles. The number of nitrogens with zero attached hydrogens (tertiary/aromatic N) is 4. The van der Waals surface area contributed by atoms with E-state index >= 15 is 4.39 Å². The number of nitrogens with two attached hydrogens (primary N) is 1. The van der Waals surface area contributed by atoms with Gasteiger partial charge in [0, 0.05) is 29.0 Å². The van der Waals surface area contributed by atoms with Crippen molar-refractivity contribution in [3.63, 3.8) is 0 Å². The van der Waals surface area contributed by atoms with Crippen molar-refractivity contribution in [3.8, 4) is 28.3 Å². The van der Waals surface area contributed by atoms with Crippen molar-refractivity contribution in [2.45, 2.75) is 38.8 Å². The fraction of sp³-hybridized carbons (Fsp3) is 0.278. The monoisotopic (exact) mass is 636 g/mol. The van der Waals surface area contributed by atoms with E-state index in [1.807, 2.05) is 37.3 Å². The van der Waals surface area contributed by atoms with E-state index in [4.69, 9.17) is 10.5 Å². The SMILES string of the molecule is CC1=C(C(=O)Nc2ccc(-c3nc(-c4cccc(OCC(O)CN5CCCC5)c4F)cnc3N)cc2)C(=O)N(c2ccccc2)C1C. The van der Waals surface area contributed by atoms with E-state index in [1.54, 1.807) is 48.2 Å². The Morgan fingerprint density at radius 3 is 2.53 bits per heavy atom. The first-order valence-electron chi connectivity index (χ1n) is 15.7. The van der Waals surface area contributed by atoms with Gasteiger partial charge >= 0.3 is 0 Å². The Morgan fingerprint density at radius 2 is 1.81 bits per heavy atom. The lowest BCUT2D eigenvalue weighted by Gasteiger charge is -2.23. The molecule has 6 rings (SSSR count). The van der Waals surface area contributed by atoms with Crippen molar-refractivity contribution in [2.24, 2.45) is 0 Å². The van der Waals surface area contributed by atoms with Gasteiger partial charge in [-0.15, -0.1) is 0 Å². The number of nitrogens with one attached hydrogen (secondary N) is 1. The van der Waals surface area contributed by atoms with Crippen LogP contribution in [0.25, 0.3) is 22.5 Å². The van der Waals surface area contributed by atoms with Gasteiger partial charge in [0.1, 0.15) is 29.8 Å². The normalized spacial score (nSPS) is 17.3. The Labute approximate surface area is 272 Å². The summed E-state index contributed by atoms with van der Waals surface area (Å²) in [7, 11) is 0. The molecule has 4 aromatic rings. The van der Waals surface area contributed by atoms with Crippen molar-refractivity contribution in [2.75, 3.05) is 42.2 Å². The van der Waals surface area contributed by atoms with E-state index in [2.05, 4.69) is 20.2 Å². The quantitative estimate of drug-likeness (QED) is 0.206. The lowest BCUT2D eigenvalue weighted by molar-refractivity contribution is -0.119. The molecule has 0 radical (unpaired) electrons. The number of β-amino-alcohol motifs (C(OH)–C–C–N with tert-alkyl or cyclic N) is 1. The standard InChI is InChI=1S/C36H37FN6O4/c1-22-23(2)43(26-9-4-3-5-10-26)36(46)31(22)35(45)40-25-15-13-24(14-16-25)33-34(38)39-19-29(41-33)28-11-8-12-30(32(28)37)47-21-27(44)20-42-17-6-7-18-42/h3-5,8-16,19,23,27,44H,6-7,17-18,20-21H2,1-2H3,(H2,38,39)(H,40,45). The predicted molar refractivity (Wildman–Crippen MR) is 179 cm³/mol. The second-order valence-electron chi connectivity index (χ2n) is 11.9. The number of aromatic nitrogens is 2. The second-order valence-corrected chi connectivity index (χ2v) is 11.9. The van der Waals surface area contributed by atoms with Gasteiger partial charge in [0.15, 0.2) is 11.6 Å². The van der Waals surface area contributed by atoms with Crippen molar-refractivity contribution >= 4 is 29.0 Å². The first-order valence-corrected chi connectivity index (χ1v) is 15.7. The zero-order valence-corrected chi connectivity index (χ0v) is 26.3. The Kier molecular flexibility index (Phi) is 9.28. The number of hydrogen-bond donors (Lipinski definition) is 3. The molecule has 0 spiro atoms. The third-order valence-corrected chi connectivity index (χ3v) is 8.66. The van der Waals surface area contributed by atoms with Crippen LogP contribution in [-0.4, -0.2) is 70.2 Å². The largest absolute Gasteiger partial charge is 0.488 e. The van der Waals surface area contributed by atoms with Gasteiger partial charge < -0.3 is 30.7 Å². The van der Waals surface area contributed by atoms with Crippen LogP contribution in [0.2, 0.25) is 0 Å². The van der Waals surface area contributed by atoms with Gasteiger partial charge in [0.05, 0.1) is 17.9 Å². The molecule has 1 fully saturated rings. The van der Waals surface area contributed by atoms with Crippen molar-refractivity contribution in [3.05, 3.63) is 96.0 Å². The lowest BCUT2D eigenvalue weighted by atomic mass is 10.1. The van der Waals surface area contributed by atoms with Gasteiger partial charge in [-0.25, -0.2) is 14.4 Å². The highest BCUT2D eigenvalue weighted by Crippen LogP contribution is 2.33. The van der Waals surface area contributed by atoms with Crippen LogP contribution >= 0.6 is 0 Å². The summed E-state index contributed by atoms with van der Waals surface area (Å²) >= 11 is 0. The maximum atomic E-state index is 15.6. The fourth-order valence-corrected chi connectivity index (χ4v) is 6.04. The summed E-state index contributed by atoms with van der Waals surface area (Å²) in [4.78, 5) is 39.2. The number of ether oxygens (including phenoxy) is 1. The summed E-state index contributed by atoms with van der Waals surface area (Å²) in [6, 6.07) is 20.5. The molecule has 2 amide bonds. The van der Waals surface area contributed by atoms with Gasteiger partial charge in [-0.1, -0.05) is 36.4 Å². The fourth-order valence-electron chi connectivity index (χ4n) is 6.04. The highest BCUT2D eigenvalue weighted by atomic mass is 19.1. The van der Waals surface area contributed by atoms with Crippen LogP contribution in [-0.2, 0) is 9.59 Å². The van der Waals surface area contributed by atoms with Crippen LogP contribution in [0.15, 0.2) is 90.1 Å². The number of carbonyl (C=O) groups is 2. The molecule has 2 aliphatic rings. The Hall–Kier alpha value is -5.13. The molecule has 4 N–H and O–H groups in total. The molecular weight excluding hydrogens is 599 g/mol. The summed E-state index contributed by atoms with van der Waals surface area (Å²) in [5.41, 5.74) is 9.55. The topological polar surface area (TPSA) is 134 Å². The third-order valence-electron chi connectivity index (χ3n) is 8.66.